The predicted molar refractivity (Wildman–Crippen MR) is 105 cm³/mol. The Morgan fingerprint density at radius 3 is 2.68 bits per heavy atom. The first-order chi connectivity index (χ1) is 13.8. The number of rotatable bonds is 7. The molecule has 1 aromatic carbocycles. The van der Waals surface area contributed by atoms with Crippen LogP contribution in [-0.2, 0) is 17.8 Å². The Morgan fingerprint density at radius 2 is 1.86 bits per heavy atom. The number of aryl methyl sites for hydroxylation is 1. The zero-order valence-electron chi connectivity index (χ0n) is 14.9. The summed E-state index contributed by atoms with van der Waals surface area (Å²) < 4.78 is 5.58. The van der Waals surface area contributed by atoms with E-state index in [9.17, 15) is 4.79 Å². The molecule has 8 heteroatoms. The number of amides is 1. The quantitative estimate of drug-likeness (QED) is 0.518. The number of carbonyl (C=O) groups is 1. The van der Waals surface area contributed by atoms with E-state index >= 15 is 0 Å². The summed E-state index contributed by atoms with van der Waals surface area (Å²) in [4.78, 5) is 20.7. The standard InChI is InChI=1S/C20H17N5O2S/c26-17(7-6-16-13-28-20(23-16)15-8-10-21-11-9-15)22-12-18-24-25-19(27-18)14-4-2-1-3-5-14/h1-5,8-11,13H,6-7,12H2,(H,22,26). The highest BCUT2D eigenvalue weighted by molar-refractivity contribution is 7.13. The molecule has 0 atom stereocenters. The van der Waals surface area contributed by atoms with E-state index in [1.807, 2.05) is 47.8 Å². The maximum atomic E-state index is 12.1. The third kappa shape index (κ3) is 4.47. The van der Waals surface area contributed by atoms with Crippen LogP contribution in [0, 0.1) is 0 Å². The molecule has 4 aromatic rings. The van der Waals surface area contributed by atoms with E-state index in [4.69, 9.17) is 4.42 Å². The van der Waals surface area contributed by atoms with Gasteiger partial charge in [0.25, 0.3) is 0 Å². The summed E-state index contributed by atoms with van der Waals surface area (Å²) in [5.41, 5.74) is 2.78. The van der Waals surface area contributed by atoms with Crippen LogP contribution in [0.5, 0.6) is 0 Å². The Balaban J connectivity index is 1.26. The number of nitrogens with zero attached hydrogens (tertiary/aromatic N) is 4. The number of pyridine rings is 1. The van der Waals surface area contributed by atoms with E-state index in [1.54, 1.807) is 23.7 Å². The molecule has 1 N–H and O–H groups in total. The van der Waals surface area contributed by atoms with Crippen molar-refractivity contribution < 1.29 is 9.21 Å². The zero-order valence-corrected chi connectivity index (χ0v) is 15.7. The van der Waals surface area contributed by atoms with Gasteiger partial charge in [-0.3, -0.25) is 9.78 Å². The largest absolute Gasteiger partial charge is 0.419 e. The van der Waals surface area contributed by atoms with Gasteiger partial charge in [-0.1, -0.05) is 18.2 Å². The molecule has 0 saturated carbocycles. The summed E-state index contributed by atoms with van der Waals surface area (Å²) in [7, 11) is 0. The molecular weight excluding hydrogens is 374 g/mol. The molecule has 0 spiro atoms. The Morgan fingerprint density at radius 1 is 1.04 bits per heavy atom. The SMILES string of the molecule is O=C(CCc1csc(-c2ccncc2)n1)NCc1nnc(-c2ccccc2)o1. The molecule has 7 nitrogen and oxygen atoms in total. The van der Waals surface area contributed by atoms with Gasteiger partial charge in [0.2, 0.25) is 17.7 Å². The third-order valence-corrected chi connectivity index (χ3v) is 4.95. The molecule has 4 rings (SSSR count). The molecule has 0 saturated heterocycles. The average molecular weight is 391 g/mol. The van der Waals surface area contributed by atoms with E-state index in [-0.39, 0.29) is 12.5 Å². The molecule has 0 aliphatic heterocycles. The van der Waals surface area contributed by atoms with Crippen LogP contribution >= 0.6 is 11.3 Å². The number of hydrogen-bond donors (Lipinski definition) is 1. The molecule has 140 valence electrons. The second kappa shape index (κ2) is 8.53. The molecule has 3 heterocycles. The predicted octanol–water partition coefficient (Wildman–Crippen LogP) is 3.50. The monoisotopic (exact) mass is 391 g/mol. The van der Waals surface area contributed by atoms with Crippen molar-refractivity contribution in [2.24, 2.45) is 0 Å². The lowest BCUT2D eigenvalue weighted by atomic mass is 10.2. The number of thiazole rings is 1. The minimum absolute atomic E-state index is 0.0853. The maximum absolute atomic E-state index is 12.1. The smallest absolute Gasteiger partial charge is 0.247 e. The number of carbonyl (C=O) groups excluding carboxylic acids is 1. The molecular formula is C20H17N5O2S. The third-order valence-electron chi connectivity index (χ3n) is 4.01. The van der Waals surface area contributed by atoms with E-state index < -0.39 is 0 Å². The van der Waals surface area contributed by atoms with Crippen LogP contribution in [-0.4, -0.2) is 26.1 Å². The van der Waals surface area contributed by atoms with Gasteiger partial charge in [0.05, 0.1) is 12.2 Å². The van der Waals surface area contributed by atoms with E-state index in [0.29, 0.717) is 24.6 Å². The normalized spacial score (nSPS) is 10.7. The van der Waals surface area contributed by atoms with Gasteiger partial charge in [-0.2, -0.15) is 0 Å². The van der Waals surface area contributed by atoms with Crippen molar-refractivity contribution in [2.45, 2.75) is 19.4 Å². The van der Waals surface area contributed by atoms with Crippen molar-refractivity contribution in [3.05, 3.63) is 71.8 Å². The van der Waals surface area contributed by atoms with Crippen LogP contribution in [0.25, 0.3) is 22.0 Å². The van der Waals surface area contributed by atoms with Crippen LogP contribution in [0.1, 0.15) is 18.0 Å². The van der Waals surface area contributed by atoms with Crippen molar-refractivity contribution in [2.75, 3.05) is 0 Å². The highest BCUT2D eigenvalue weighted by Gasteiger charge is 2.11. The van der Waals surface area contributed by atoms with Crippen molar-refractivity contribution in [1.29, 1.82) is 0 Å². The van der Waals surface area contributed by atoms with Crippen LogP contribution in [0.2, 0.25) is 0 Å². The summed E-state index contributed by atoms with van der Waals surface area (Å²) in [5.74, 6) is 0.731. The number of nitrogens with one attached hydrogen (secondary N) is 1. The molecule has 0 radical (unpaired) electrons. The van der Waals surface area contributed by atoms with Crippen molar-refractivity contribution in [3.63, 3.8) is 0 Å². The lowest BCUT2D eigenvalue weighted by Crippen LogP contribution is -2.23. The highest BCUT2D eigenvalue weighted by Crippen LogP contribution is 2.23. The molecule has 1 amide bonds. The van der Waals surface area contributed by atoms with Crippen molar-refractivity contribution >= 4 is 17.2 Å². The van der Waals surface area contributed by atoms with E-state index in [2.05, 4.69) is 25.5 Å². The average Bonchev–Trinajstić information content (AvgIpc) is 3.42. The van der Waals surface area contributed by atoms with Gasteiger partial charge in [-0.25, -0.2) is 4.98 Å². The summed E-state index contributed by atoms with van der Waals surface area (Å²) >= 11 is 1.56. The lowest BCUT2D eigenvalue weighted by Gasteiger charge is -2.01. The summed E-state index contributed by atoms with van der Waals surface area (Å²) in [6, 6.07) is 13.4. The highest BCUT2D eigenvalue weighted by atomic mass is 32.1. The summed E-state index contributed by atoms with van der Waals surface area (Å²) in [5, 5.41) is 13.7. The minimum Gasteiger partial charge on any atom is -0.419 e. The summed E-state index contributed by atoms with van der Waals surface area (Å²) in [6.45, 7) is 0.206. The van der Waals surface area contributed by atoms with Gasteiger partial charge < -0.3 is 9.73 Å². The zero-order chi connectivity index (χ0) is 19.2. The topological polar surface area (TPSA) is 93.8 Å². The molecule has 0 fully saturated rings. The molecule has 28 heavy (non-hydrogen) atoms. The lowest BCUT2D eigenvalue weighted by molar-refractivity contribution is -0.121. The van der Waals surface area contributed by atoms with Crippen LogP contribution in [0.3, 0.4) is 0 Å². The van der Waals surface area contributed by atoms with Crippen molar-refractivity contribution in [3.8, 4) is 22.0 Å². The van der Waals surface area contributed by atoms with Crippen LogP contribution < -0.4 is 5.32 Å². The molecule has 0 aliphatic carbocycles. The number of hydrogen-bond acceptors (Lipinski definition) is 7. The molecule has 3 aromatic heterocycles. The maximum Gasteiger partial charge on any atom is 0.247 e. The Kier molecular flexibility index (Phi) is 5.48. The fourth-order valence-corrected chi connectivity index (χ4v) is 3.44. The van der Waals surface area contributed by atoms with Crippen LogP contribution in [0.4, 0.5) is 0 Å². The first-order valence-electron chi connectivity index (χ1n) is 8.77. The first-order valence-corrected chi connectivity index (χ1v) is 9.65. The van der Waals surface area contributed by atoms with Gasteiger partial charge >= 0.3 is 0 Å². The van der Waals surface area contributed by atoms with Crippen LogP contribution in [0.15, 0.2) is 64.7 Å². The van der Waals surface area contributed by atoms with Gasteiger partial charge in [0.15, 0.2) is 0 Å². The van der Waals surface area contributed by atoms with Gasteiger partial charge in [0.1, 0.15) is 5.01 Å². The second-order valence-electron chi connectivity index (χ2n) is 6.02. The number of aromatic nitrogens is 4. The molecule has 0 aliphatic rings. The Hall–Kier alpha value is -3.39. The molecule has 0 unspecified atom stereocenters. The second-order valence-corrected chi connectivity index (χ2v) is 6.88. The van der Waals surface area contributed by atoms with Gasteiger partial charge in [-0.15, -0.1) is 21.5 Å². The van der Waals surface area contributed by atoms with Gasteiger partial charge in [-0.05, 0) is 30.7 Å². The minimum atomic E-state index is -0.0853. The van der Waals surface area contributed by atoms with E-state index in [0.717, 1.165) is 21.8 Å². The fraction of sp³-hybridized carbons (Fsp3) is 0.150. The first kappa shape index (κ1) is 18.0. The fourth-order valence-electron chi connectivity index (χ4n) is 2.58. The van der Waals surface area contributed by atoms with Crippen molar-refractivity contribution in [1.82, 2.24) is 25.5 Å². The Labute approximate surface area is 165 Å². The molecule has 0 bridgehead atoms. The number of benzene rings is 1. The van der Waals surface area contributed by atoms with Gasteiger partial charge in [0, 0.05) is 35.3 Å². The summed E-state index contributed by atoms with van der Waals surface area (Å²) in [6.07, 6.45) is 4.40. The Bertz CT molecular complexity index is 963. The van der Waals surface area contributed by atoms with E-state index in [1.165, 1.54) is 0 Å².